The molecule has 0 saturated carbocycles. The van der Waals surface area contributed by atoms with E-state index in [1.807, 2.05) is 69.3 Å². The standard InChI is InChI=1S/C20H20BrN3OS/c1-13-12-15(10-11-22-13)14-4-6-16(7-5-14)23-19(25)24-20(2,3)17-8-9-18(21)26-17/h4-12H,1-3H3,(H2,23,24,25). The lowest BCUT2D eigenvalue weighted by Gasteiger charge is -2.25. The molecule has 0 bridgehead atoms. The fourth-order valence-corrected chi connectivity index (χ4v) is 4.07. The molecule has 3 rings (SSSR count). The predicted molar refractivity (Wildman–Crippen MR) is 112 cm³/mol. The van der Waals surface area contributed by atoms with Gasteiger partial charge in [-0.3, -0.25) is 4.98 Å². The monoisotopic (exact) mass is 429 g/mol. The summed E-state index contributed by atoms with van der Waals surface area (Å²) in [5.74, 6) is 0. The number of urea groups is 1. The van der Waals surface area contributed by atoms with Gasteiger partial charge in [-0.15, -0.1) is 11.3 Å². The van der Waals surface area contributed by atoms with Crippen molar-refractivity contribution in [2.75, 3.05) is 5.32 Å². The highest BCUT2D eigenvalue weighted by Gasteiger charge is 2.24. The number of nitrogens with one attached hydrogen (secondary N) is 2. The number of hydrogen-bond donors (Lipinski definition) is 2. The van der Waals surface area contributed by atoms with E-state index in [0.717, 1.165) is 31.2 Å². The second-order valence-electron chi connectivity index (χ2n) is 6.57. The minimum Gasteiger partial charge on any atom is -0.328 e. The molecule has 6 heteroatoms. The maximum Gasteiger partial charge on any atom is 0.319 e. The molecule has 0 atom stereocenters. The molecule has 0 aliphatic heterocycles. The number of pyridine rings is 1. The number of aromatic nitrogens is 1. The van der Waals surface area contributed by atoms with Crippen molar-refractivity contribution in [2.24, 2.45) is 0 Å². The van der Waals surface area contributed by atoms with Crippen LogP contribution in [-0.4, -0.2) is 11.0 Å². The number of carbonyl (C=O) groups excluding carboxylic acids is 1. The van der Waals surface area contributed by atoms with Crippen LogP contribution < -0.4 is 10.6 Å². The minimum absolute atomic E-state index is 0.230. The van der Waals surface area contributed by atoms with Crippen LogP contribution in [0.5, 0.6) is 0 Å². The number of carbonyl (C=O) groups is 1. The Bertz CT molecular complexity index is 919. The van der Waals surface area contributed by atoms with Gasteiger partial charge in [0.25, 0.3) is 0 Å². The number of rotatable bonds is 4. The summed E-state index contributed by atoms with van der Waals surface area (Å²) in [5, 5.41) is 5.91. The number of benzene rings is 1. The third-order valence-corrected chi connectivity index (χ3v) is 5.94. The molecule has 2 amide bonds. The van der Waals surface area contributed by atoms with Crippen LogP contribution in [0.1, 0.15) is 24.4 Å². The fraction of sp³-hybridized carbons (Fsp3) is 0.200. The first-order valence-corrected chi connectivity index (χ1v) is 9.82. The van der Waals surface area contributed by atoms with E-state index in [0.29, 0.717) is 0 Å². The number of thiophene rings is 1. The predicted octanol–water partition coefficient (Wildman–Crippen LogP) is 5.94. The maximum atomic E-state index is 12.4. The normalized spacial score (nSPS) is 11.2. The first-order chi connectivity index (χ1) is 12.3. The van der Waals surface area contributed by atoms with Crippen LogP contribution in [0, 0.1) is 6.92 Å². The third-order valence-electron chi connectivity index (χ3n) is 3.99. The molecule has 134 valence electrons. The molecule has 2 heterocycles. The lowest BCUT2D eigenvalue weighted by atomic mass is 10.0. The number of nitrogens with zero attached hydrogens (tertiary/aromatic N) is 1. The number of amides is 2. The second-order valence-corrected chi connectivity index (χ2v) is 9.03. The van der Waals surface area contributed by atoms with E-state index in [-0.39, 0.29) is 6.03 Å². The van der Waals surface area contributed by atoms with Gasteiger partial charge in [-0.25, -0.2) is 4.79 Å². The van der Waals surface area contributed by atoms with Crippen LogP contribution in [0.2, 0.25) is 0 Å². The quantitative estimate of drug-likeness (QED) is 0.539. The van der Waals surface area contributed by atoms with E-state index >= 15 is 0 Å². The number of aryl methyl sites for hydroxylation is 1. The van der Waals surface area contributed by atoms with Gasteiger partial charge in [0.05, 0.1) is 9.33 Å². The maximum absolute atomic E-state index is 12.4. The van der Waals surface area contributed by atoms with Crippen LogP contribution in [-0.2, 0) is 5.54 Å². The summed E-state index contributed by atoms with van der Waals surface area (Å²) >= 11 is 5.07. The molecule has 3 aromatic rings. The van der Waals surface area contributed by atoms with Gasteiger partial charge in [0.1, 0.15) is 0 Å². The lowest BCUT2D eigenvalue weighted by molar-refractivity contribution is 0.242. The van der Waals surface area contributed by atoms with Crippen molar-refractivity contribution in [2.45, 2.75) is 26.3 Å². The van der Waals surface area contributed by atoms with Gasteiger partial charge in [0, 0.05) is 22.5 Å². The summed E-state index contributed by atoms with van der Waals surface area (Å²) in [6.07, 6.45) is 1.80. The van der Waals surface area contributed by atoms with Crippen LogP contribution in [0.4, 0.5) is 10.5 Å². The van der Waals surface area contributed by atoms with Gasteiger partial charge in [-0.05, 0) is 84.2 Å². The van der Waals surface area contributed by atoms with E-state index in [9.17, 15) is 4.79 Å². The molecule has 0 fully saturated rings. The third kappa shape index (κ3) is 4.51. The molecule has 2 aromatic heterocycles. The van der Waals surface area contributed by atoms with Gasteiger partial charge in [-0.1, -0.05) is 12.1 Å². The molecule has 26 heavy (non-hydrogen) atoms. The molecule has 0 saturated heterocycles. The zero-order valence-electron chi connectivity index (χ0n) is 14.8. The summed E-state index contributed by atoms with van der Waals surface area (Å²) in [6, 6.07) is 15.6. The highest BCUT2D eigenvalue weighted by atomic mass is 79.9. The molecule has 4 nitrogen and oxygen atoms in total. The Hall–Kier alpha value is -2.18. The smallest absolute Gasteiger partial charge is 0.319 e. The zero-order valence-corrected chi connectivity index (χ0v) is 17.2. The molecule has 2 N–H and O–H groups in total. The fourth-order valence-electron chi connectivity index (χ4n) is 2.63. The van der Waals surface area contributed by atoms with Gasteiger partial charge >= 0.3 is 6.03 Å². The molecule has 0 aliphatic rings. The Kier molecular flexibility index (Phi) is 5.44. The Morgan fingerprint density at radius 3 is 2.42 bits per heavy atom. The van der Waals surface area contributed by atoms with Crippen molar-refractivity contribution < 1.29 is 4.79 Å². The summed E-state index contributed by atoms with van der Waals surface area (Å²) in [5.41, 5.74) is 3.48. The number of hydrogen-bond acceptors (Lipinski definition) is 3. The lowest BCUT2D eigenvalue weighted by Crippen LogP contribution is -2.42. The highest BCUT2D eigenvalue weighted by molar-refractivity contribution is 9.11. The summed E-state index contributed by atoms with van der Waals surface area (Å²) < 4.78 is 1.05. The Labute approximate surface area is 165 Å². The number of anilines is 1. The number of halogens is 1. The summed E-state index contributed by atoms with van der Waals surface area (Å²) in [7, 11) is 0. The largest absolute Gasteiger partial charge is 0.328 e. The van der Waals surface area contributed by atoms with Gasteiger partial charge in [0.2, 0.25) is 0 Å². The van der Waals surface area contributed by atoms with Gasteiger partial charge in [-0.2, -0.15) is 0 Å². The SMILES string of the molecule is Cc1cc(-c2ccc(NC(=O)NC(C)(C)c3ccc(Br)s3)cc2)ccn1. The second kappa shape index (κ2) is 7.60. The molecule has 1 aromatic carbocycles. The first-order valence-electron chi connectivity index (χ1n) is 8.21. The van der Waals surface area contributed by atoms with E-state index in [4.69, 9.17) is 0 Å². The molecule has 0 aliphatic carbocycles. The van der Waals surface area contributed by atoms with E-state index in [2.05, 4.69) is 31.5 Å². The van der Waals surface area contributed by atoms with Crippen molar-refractivity contribution in [3.63, 3.8) is 0 Å². The Balaban J connectivity index is 1.66. The zero-order chi connectivity index (χ0) is 18.7. The van der Waals surface area contributed by atoms with Crippen LogP contribution in [0.15, 0.2) is 58.5 Å². The molecule has 0 radical (unpaired) electrons. The van der Waals surface area contributed by atoms with Gasteiger partial charge < -0.3 is 10.6 Å². The summed E-state index contributed by atoms with van der Waals surface area (Å²) in [6.45, 7) is 5.94. The van der Waals surface area contributed by atoms with Crippen molar-refractivity contribution in [3.8, 4) is 11.1 Å². The average Bonchev–Trinajstić information content (AvgIpc) is 3.02. The topological polar surface area (TPSA) is 54.0 Å². The van der Waals surface area contributed by atoms with Crippen molar-refractivity contribution in [3.05, 3.63) is 69.1 Å². The van der Waals surface area contributed by atoms with Crippen molar-refractivity contribution in [1.82, 2.24) is 10.3 Å². The van der Waals surface area contributed by atoms with E-state index in [1.165, 1.54) is 0 Å². The average molecular weight is 430 g/mol. The molecule has 0 spiro atoms. The first kappa shape index (κ1) is 18.6. The molecule has 0 unspecified atom stereocenters. The Morgan fingerprint density at radius 2 is 1.81 bits per heavy atom. The molecular weight excluding hydrogens is 410 g/mol. The van der Waals surface area contributed by atoms with Crippen LogP contribution in [0.3, 0.4) is 0 Å². The van der Waals surface area contributed by atoms with Crippen LogP contribution in [0.25, 0.3) is 11.1 Å². The highest BCUT2D eigenvalue weighted by Crippen LogP contribution is 2.31. The van der Waals surface area contributed by atoms with Crippen molar-refractivity contribution in [1.29, 1.82) is 0 Å². The van der Waals surface area contributed by atoms with Crippen molar-refractivity contribution >= 4 is 39.0 Å². The summed E-state index contributed by atoms with van der Waals surface area (Å²) in [4.78, 5) is 17.7. The minimum atomic E-state index is -0.449. The van der Waals surface area contributed by atoms with Crippen LogP contribution >= 0.6 is 27.3 Å². The van der Waals surface area contributed by atoms with Gasteiger partial charge in [0.15, 0.2) is 0 Å². The van der Waals surface area contributed by atoms with E-state index in [1.54, 1.807) is 17.5 Å². The van der Waals surface area contributed by atoms with E-state index < -0.39 is 5.54 Å². The molecular formula is C20H20BrN3OS. The Morgan fingerprint density at radius 1 is 1.08 bits per heavy atom.